The number of carbonyl (C=O) groups is 1. The number of carbonyl (C=O) groups excluding carboxylic acids is 1. The van der Waals surface area contributed by atoms with E-state index in [2.05, 4.69) is 9.97 Å². The van der Waals surface area contributed by atoms with Gasteiger partial charge in [0.2, 0.25) is 0 Å². The smallest absolute Gasteiger partial charge is 0.338 e. The highest BCUT2D eigenvalue weighted by molar-refractivity contribution is 5.90. The summed E-state index contributed by atoms with van der Waals surface area (Å²) < 4.78 is 5.01. The van der Waals surface area contributed by atoms with E-state index in [0.29, 0.717) is 18.0 Å². The monoisotopic (exact) mass is 318 g/mol. The van der Waals surface area contributed by atoms with E-state index < -0.39 is 0 Å². The SMILES string of the molecule is CCOC(=O)c1ccc(-c2cc(C)nc(-c3ccccc3)n2)cc1. The molecule has 24 heavy (non-hydrogen) atoms. The number of aromatic nitrogens is 2. The fourth-order valence-corrected chi connectivity index (χ4v) is 2.42. The van der Waals surface area contributed by atoms with Crippen LogP contribution >= 0.6 is 0 Å². The minimum atomic E-state index is -0.312. The van der Waals surface area contributed by atoms with Gasteiger partial charge in [-0.15, -0.1) is 0 Å². The summed E-state index contributed by atoms with van der Waals surface area (Å²) in [6.45, 7) is 4.11. The molecular weight excluding hydrogens is 300 g/mol. The predicted molar refractivity (Wildman–Crippen MR) is 93.6 cm³/mol. The Hall–Kier alpha value is -3.01. The van der Waals surface area contributed by atoms with E-state index in [1.807, 2.05) is 55.5 Å². The highest BCUT2D eigenvalue weighted by atomic mass is 16.5. The van der Waals surface area contributed by atoms with Crippen LogP contribution in [0.1, 0.15) is 23.0 Å². The van der Waals surface area contributed by atoms with Crippen LogP contribution in [-0.2, 0) is 4.74 Å². The van der Waals surface area contributed by atoms with Crippen LogP contribution in [0.5, 0.6) is 0 Å². The molecule has 3 aromatic rings. The molecule has 1 heterocycles. The van der Waals surface area contributed by atoms with Crippen molar-refractivity contribution in [1.29, 1.82) is 0 Å². The van der Waals surface area contributed by atoms with Crippen LogP contribution in [0.4, 0.5) is 0 Å². The molecule has 0 aliphatic carbocycles. The molecule has 0 spiro atoms. The van der Waals surface area contributed by atoms with Crippen molar-refractivity contribution >= 4 is 5.97 Å². The number of hydrogen-bond donors (Lipinski definition) is 0. The number of esters is 1. The lowest BCUT2D eigenvalue weighted by Crippen LogP contribution is -2.04. The van der Waals surface area contributed by atoms with Gasteiger partial charge < -0.3 is 4.74 Å². The average molecular weight is 318 g/mol. The van der Waals surface area contributed by atoms with Crippen molar-refractivity contribution < 1.29 is 9.53 Å². The summed E-state index contributed by atoms with van der Waals surface area (Å²) in [5.41, 5.74) is 4.18. The Kier molecular flexibility index (Phi) is 4.66. The summed E-state index contributed by atoms with van der Waals surface area (Å²) in [6, 6.07) is 19.1. The van der Waals surface area contributed by atoms with Crippen molar-refractivity contribution in [2.75, 3.05) is 6.61 Å². The maximum Gasteiger partial charge on any atom is 0.338 e. The Morgan fingerprint density at radius 2 is 1.67 bits per heavy atom. The standard InChI is InChI=1S/C20H18N2O2/c1-3-24-20(23)17-11-9-15(10-12-17)18-13-14(2)21-19(22-18)16-7-5-4-6-8-16/h4-13H,3H2,1-2H3. The average Bonchev–Trinajstić information content (AvgIpc) is 2.62. The number of rotatable bonds is 4. The first-order valence-corrected chi connectivity index (χ1v) is 7.86. The van der Waals surface area contributed by atoms with Crippen molar-refractivity contribution in [3.8, 4) is 22.6 Å². The topological polar surface area (TPSA) is 52.1 Å². The van der Waals surface area contributed by atoms with Crippen molar-refractivity contribution in [3.05, 3.63) is 71.9 Å². The lowest BCUT2D eigenvalue weighted by Gasteiger charge is -2.07. The van der Waals surface area contributed by atoms with Gasteiger partial charge in [0.25, 0.3) is 0 Å². The molecule has 120 valence electrons. The molecule has 0 saturated carbocycles. The Morgan fingerprint density at radius 3 is 2.33 bits per heavy atom. The van der Waals surface area contributed by atoms with E-state index in [9.17, 15) is 4.79 Å². The Balaban J connectivity index is 1.95. The third-order valence-electron chi connectivity index (χ3n) is 3.58. The van der Waals surface area contributed by atoms with Crippen LogP contribution in [0.2, 0.25) is 0 Å². The van der Waals surface area contributed by atoms with Crippen LogP contribution in [0.3, 0.4) is 0 Å². The molecule has 1 aromatic heterocycles. The van der Waals surface area contributed by atoms with Crippen molar-refractivity contribution in [3.63, 3.8) is 0 Å². The fourth-order valence-electron chi connectivity index (χ4n) is 2.42. The Labute approximate surface area is 141 Å². The van der Waals surface area contributed by atoms with Crippen LogP contribution in [0.15, 0.2) is 60.7 Å². The molecule has 0 saturated heterocycles. The molecular formula is C20H18N2O2. The largest absolute Gasteiger partial charge is 0.462 e. The van der Waals surface area contributed by atoms with Gasteiger partial charge in [-0.3, -0.25) is 0 Å². The number of aryl methyl sites for hydroxylation is 1. The van der Waals surface area contributed by atoms with Gasteiger partial charge in [-0.2, -0.15) is 0 Å². The van der Waals surface area contributed by atoms with Gasteiger partial charge in [0.05, 0.1) is 17.9 Å². The van der Waals surface area contributed by atoms with Crippen molar-refractivity contribution in [2.45, 2.75) is 13.8 Å². The van der Waals surface area contributed by atoms with Gasteiger partial charge in [-0.1, -0.05) is 42.5 Å². The van der Waals surface area contributed by atoms with Gasteiger partial charge in [0.1, 0.15) is 0 Å². The normalized spacial score (nSPS) is 10.4. The summed E-state index contributed by atoms with van der Waals surface area (Å²) in [5, 5.41) is 0. The minimum Gasteiger partial charge on any atom is -0.462 e. The highest BCUT2D eigenvalue weighted by Crippen LogP contribution is 2.22. The molecule has 3 rings (SSSR count). The van der Waals surface area contributed by atoms with E-state index in [4.69, 9.17) is 4.74 Å². The van der Waals surface area contributed by atoms with Gasteiger partial charge in [0, 0.05) is 16.8 Å². The predicted octanol–water partition coefficient (Wildman–Crippen LogP) is 4.30. The molecule has 2 aromatic carbocycles. The fraction of sp³-hybridized carbons (Fsp3) is 0.150. The molecule has 4 heteroatoms. The first-order chi connectivity index (χ1) is 11.7. The molecule has 0 N–H and O–H groups in total. The molecule has 0 radical (unpaired) electrons. The van der Waals surface area contributed by atoms with E-state index in [1.165, 1.54) is 0 Å². The summed E-state index contributed by atoms with van der Waals surface area (Å²) in [4.78, 5) is 20.9. The van der Waals surface area contributed by atoms with Crippen LogP contribution < -0.4 is 0 Å². The number of benzene rings is 2. The quantitative estimate of drug-likeness (QED) is 0.673. The van der Waals surface area contributed by atoms with Crippen LogP contribution in [-0.4, -0.2) is 22.5 Å². The Bertz CT molecular complexity index is 843. The van der Waals surface area contributed by atoms with Gasteiger partial charge in [0.15, 0.2) is 5.82 Å². The molecule has 4 nitrogen and oxygen atoms in total. The lowest BCUT2D eigenvalue weighted by molar-refractivity contribution is 0.0526. The van der Waals surface area contributed by atoms with Crippen molar-refractivity contribution in [2.24, 2.45) is 0 Å². The number of ether oxygens (including phenoxy) is 1. The van der Waals surface area contributed by atoms with Gasteiger partial charge in [-0.05, 0) is 32.0 Å². The first-order valence-electron chi connectivity index (χ1n) is 7.86. The zero-order chi connectivity index (χ0) is 16.9. The molecule has 0 amide bonds. The molecule has 0 aliphatic heterocycles. The lowest BCUT2D eigenvalue weighted by atomic mass is 10.1. The molecule has 0 unspecified atom stereocenters. The zero-order valence-electron chi connectivity index (χ0n) is 13.7. The maximum absolute atomic E-state index is 11.7. The highest BCUT2D eigenvalue weighted by Gasteiger charge is 2.09. The molecule has 0 aliphatic rings. The maximum atomic E-state index is 11.7. The third kappa shape index (κ3) is 3.49. The first kappa shape index (κ1) is 15.9. The minimum absolute atomic E-state index is 0.312. The summed E-state index contributed by atoms with van der Waals surface area (Å²) in [5.74, 6) is 0.382. The summed E-state index contributed by atoms with van der Waals surface area (Å²) >= 11 is 0. The van der Waals surface area contributed by atoms with E-state index >= 15 is 0 Å². The van der Waals surface area contributed by atoms with Crippen molar-refractivity contribution in [1.82, 2.24) is 9.97 Å². The van der Waals surface area contributed by atoms with Gasteiger partial charge in [-0.25, -0.2) is 14.8 Å². The second-order valence-electron chi connectivity index (χ2n) is 5.38. The third-order valence-corrected chi connectivity index (χ3v) is 3.58. The Morgan fingerprint density at radius 1 is 0.958 bits per heavy atom. The zero-order valence-corrected chi connectivity index (χ0v) is 13.7. The summed E-state index contributed by atoms with van der Waals surface area (Å²) in [7, 11) is 0. The number of nitrogens with zero attached hydrogens (tertiary/aromatic N) is 2. The molecule has 0 fully saturated rings. The van der Waals surface area contributed by atoms with Gasteiger partial charge >= 0.3 is 5.97 Å². The molecule has 0 atom stereocenters. The van der Waals surface area contributed by atoms with E-state index in [1.54, 1.807) is 19.1 Å². The molecule has 0 bridgehead atoms. The van der Waals surface area contributed by atoms with Crippen LogP contribution in [0, 0.1) is 6.92 Å². The second kappa shape index (κ2) is 7.04. The van der Waals surface area contributed by atoms with Crippen LogP contribution in [0.25, 0.3) is 22.6 Å². The van der Waals surface area contributed by atoms with E-state index in [-0.39, 0.29) is 5.97 Å². The number of hydrogen-bond acceptors (Lipinski definition) is 4. The second-order valence-corrected chi connectivity index (χ2v) is 5.38. The summed E-state index contributed by atoms with van der Waals surface area (Å²) in [6.07, 6.45) is 0. The van der Waals surface area contributed by atoms with E-state index in [0.717, 1.165) is 22.5 Å².